The van der Waals surface area contributed by atoms with Gasteiger partial charge in [-0.15, -0.1) is 0 Å². The predicted molar refractivity (Wildman–Crippen MR) is 137 cm³/mol. The van der Waals surface area contributed by atoms with E-state index in [4.69, 9.17) is 23.2 Å². The number of hydrogen-bond donors (Lipinski definition) is 3. The van der Waals surface area contributed by atoms with E-state index in [1.165, 1.54) is 24.3 Å². The summed E-state index contributed by atoms with van der Waals surface area (Å²) in [6.07, 6.45) is 0. The molecule has 36 heavy (non-hydrogen) atoms. The standard InChI is InChI=1S/C24H20Cl2N4O5S/c25-18-8-6-16(7-9-18)22-24(33,17-4-2-1-3-5-17)15-30(28-22)23(27-14-21(31)32)29-36(34,35)20-12-10-19(26)11-13-20/h1-13,33H,14-15H2,(H,27,29)(H,31,32). The third-order valence-electron chi connectivity index (χ3n) is 5.32. The number of nitrogens with one attached hydrogen (secondary N) is 1. The molecule has 3 aromatic carbocycles. The van der Waals surface area contributed by atoms with Crippen molar-refractivity contribution in [2.75, 3.05) is 13.1 Å². The first-order chi connectivity index (χ1) is 17.1. The van der Waals surface area contributed by atoms with E-state index in [1.54, 1.807) is 54.6 Å². The van der Waals surface area contributed by atoms with E-state index in [1.807, 2.05) is 0 Å². The van der Waals surface area contributed by atoms with Gasteiger partial charge in [0.15, 0.2) is 5.60 Å². The fraction of sp³-hybridized carbons (Fsp3) is 0.125. The number of guanidine groups is 1. The second-order valence-electron chi connectivity index (χ2n) is 7.83. The molecular formula is C24H20Cl2N4O5S. The number of benzene rings is 3. The maximum Gasteiger partial charge on any atom is 0.325 e. The highest BCUT2D eigenvalue weighted by molar-refractivity contribution is 7.90. The zero-order valence-corrected chi connectivity index (χ0v) is 20.9. The van der Waals surface area contributed by atoms with Crippen LogP contribution in [0, 0.1) is 0 Å². The summed E-state index contributed by atoms with van der Waals surface area (Å²) in [7, 11) is -4.19. The number of hydrazone groups is 1. The van der Waals surface area contributed by atoms with Gasteiger partial charge in [-0.05, 0) is 42.0 Å². The molecule has 1 aliphatic heterocycles. The molecule has 0 fully saturated rings. The Labute approximate surface area is 217 Å². The Morgan fingerprint density at radius 3 is 2.17 bits per heavy atom. The Hall–Kier alpha value is -3.44. The van der Waals surface area contributed by atoms with Gasteiger partial charge in [-0.1, -0.05) is 65.7 Å². The largest absolute Gasteiger partial charge is 0.480 e. The summed E-state index contributed by atoms with van der Waals surface area (Å²) in [4.78, 5) is 15.0. The number of nitrogens with zero attached hydrogens (tertiary/aromatic N) is 3. The van der Waals surface area contributed by atoms with Gasteiger partial charge in [0.25, 0.3) is 10.0 Å². The van der Waals surface area contributed by atoms with Crippen LogP contribution in [0.15, 0.2) is 93.9 Å². The van der Waals surface area contributed by atoms with E-state index in [-0.39, 0.29) is 23.1 Å². The molecule has 0 saturated carbocycles. The summed E-state index contributed by atoms with van der Waals surface area (Å²) in [5, 5.41) is 27.4. The van der Waals surface area contributed by atoms with Crippen LogP contribution < -0.4 is 4.72 Å². The number of carbonyl (C=O) groups is 1. The maximum atomic E-state index is 13.0. The van der Waals surface area contributed by atoms with Gasteiger partial charge in [0, 0.05) is 15.6 Å². The van der Waals surface area contributed by atoms with Crippen molar-refractivity contribution < 1.29 is 23.4 Å². The SMILES string of the molecule is O=C(O)CN=C(NS(=O)(=O)c1ccc(Cl)cc1)N1CC(O)(c2ccccc2)C(c2ccc(Cl)cc2)=N1. The number of halogens is 2. The van der Waals surface area contributed by atoms with Gasteiger partial charge in [-0.25, -0.2) is 23.1 Å². The number of aliphatic hydroxyl groups is 1. The average Bonchev–Trinajstić information content (AvgIpc) is 3.21. The summed E-state index contributed by atoms with van der Waals surface area (Å²) in [6.45, 7) is -0.971. The molecule has 3 aromatic rings. The smallest absolute Gasteiger partial charge is 0.325 e. The zero-order chi connectivity index (χ0) is 25.9. The number of carboxylic acid groups (broad SMARTS) is 1. The lowest BCUT2D eigenvalue weighted by atomic mass is 9.86. The monoisotopic (exact) mass is 546 g/mol. The summed E-state index contributed by atoms with van der Waals surface area (Å²) >= 11 is 11.9. The summed E-state index contributed by atoms with van der Waals surface area (Å²) in [5.74, 6) is -1.65. The average molecular weight is 547 g/mol. The molecule has 0 radical (unpaired) electrons. The number of β-amino-alcohol motifs (C(OH)–C–C–N with tert-alkyl or cyclic N) is 1. The van der Waals surface area contributed by atoms with E-state index < -0.39 is 28.1 Å². The molecule has 1 heterocycles. The van der Waals surface area contributed by atoms with Crippen molar-refractivity contribution in [3.8, 4) is 0 Å². The molecule has 0 bridgehead atoms. The molecule has 0 saturated heterocycles. The van der Waals surface area contributed by atoms with Gasteiger partial charge in [0.1, 0.15) is 12.3 Å². The molecule has 1 unspecified atom stereocenters. The quantitative estimate of drug-likeness (QED) is 0.321. The van der Waals surface area contributed by atoms with E-state index in [9.17, 15) is 23.4 Å². The first-order valence-corrected chi connectivity index (χ1v) is 12.8. The molecule has 0 aliphatic carbocycles. The minimum Gasteiger partial charge on any atom is -0.480 e. The Bertz CT molecular complexity index is 1430. The number of aliphatic carboxylic acids is 1. The van der Waals surface area contributed by atoms with E-state index in [0.717, 1.165) is 5.01 Å². The van der Waals surface area contributed by atoms with Crippen molar-refractivity contribution in [2.45, 2.75) is 10.5 Å². The molecule has 186 valence electrons. The number of rotatable bonds is 6. The van der Waals surface area contributed by atoms with Crippen LogP contribution in [0.2, 0.25) is 10.0 Å². The number of aliphatic imine (C=N–C) groups is 1. The highest BCUT2D eigenvalue weighted by atomic mass is 35.5. The van der Waals surface area contributed by atoms with Crippen molar-refractivity contribution >= 4 is 50.9 Å². The van der Waals surface area contributed by atoms with Gasteiger partial charge in [-0.2, -0.15) is 5.10 Å². The number of sulfonamides is 1. The van der Waals surface area contributed by atoms with E-state index >= 15 is 0 Å². The zero-order valence-electron chi connectivity index (χ0n) is 18.5. The van der Waals surface area contributed by atoms with Crippen LogP contribution >= 0.6 is 23.2 Å². The van der Waals surface area contributed by atoms with Crippen LogP contribution in [0.3, 0.4) is 0 Å². The Morgan fingerprint density at radius 2 is 1.58 bits per heavy atom. The van der Waals surface area contributed by atoms with Crippen LogP contribution in [0.5, 0.6) is 0 Å². The Balaban J connectivity index is 1.78. The lowest BCUT2D eigenvalue weighted by Gasteiger charge is -2.26. The van der Waals surface area contributed by atoms with Crippen LogP contribution in [0.25, 0.3) is 0 Å². The third kappa shape index (κ3) is 5.52. The summed E-state index contributed by atoms with van der Waals surface area (Å²) < 4.78 is 28.4. The molecule has 0 spiro atoms. The molecule has 4 rings (SSSR count). The van der Waals surface area contributed by atoms with Gasteiger partial charge < -0.3 is 10.2 Å². The topological polar surface area (TPSA) is 132 Å². The minimum atomic E-state index is -4.19. The second kappa shape index (κ2) is 10.3. The Morgan fingerprint density at radius 1 is 1.00 bits per heavy atom. The van der Waals surface area contributed by atoms with E-state index in [0.29, 0.717) is 21.2 Å². The van der Waals surface area contributed by atoms with Gasteiger partial charge in [0.2, 0.25) is 5.96 Å². The molecule has 3 N–H and O–H groups in total. The molecule has 1 atom stereocenters. The number of hydrogen-bond acceptors (Lipinski definition) is 6. The van der Waals surface area contributed by atoms with Gasteiger partial charge in [0.05, 0.1) is 11.4 Å². The molecule has 0 amide bonds. The second-order valence-corrected chi connectivity index (χ2v) is 10.4. The van der Waals surface area contributed by atoms with Crippen molar-refractivity contribution in [1.29, 1.82) is 0 Å². The first kappa shape index (κ1) is 25.6. The fourth-order valence-corrected chi connectivity index (χ4v) is 4.88. The normalized spacial score (nSPS) is 18.1. The highest BCUT2D eigenvalue weighted by Crippen LogP contribution is 2.33. The van der Waals surface area contributed by atoms with Crippen molar-refractivity contribution in [1.82, 2.24) is 9.73 Å². The van der Waals surface area contributed by atoms with Crippen LogP contribution in [0.1, 0.15) is 11.1 Å². The van der Waals surface area contributed by atoms with Crippen LogP contribution in [-0.2, 0) is 20.4 Å². The summed E-state index contributed by atoms with van der Waals surface area (Å²) in [5.41, 5.74) is -0.435. The fourth-order valence-electron chi connectivity index (χ4n) is 3.60. The van der Waals surface area contributed by atoms with Gasteiger partial charge >= 0.3 is 5.97 Å². The molecule has 1 aliphatic rings. The van der Waals surface area contributed by atoms with Crippen molar-refractivity contribution in [3.05, 3.63) is 100 Å². The van der Waals surface area contributed by atoms with Crippen molar-refractivity contribution in [3.63, 3.8) is 0 Å². The van der Waals surface area contributed by atoms with Crippen LogP contribution in [0.4, 0.5) is 0 Å². The molecule has 9 nitrogen and oxygen atoms in total. The lowest BCUT2D eigenvalue weighted by molar-refractivity contribution is -0.135. The maximum absolute atomic E-state index is 13.0. The first-order valence-electron chi connectivity index (χ1n) is 10.5. The van der Waals surface area contributed by atoms with Crippen molar-refractivity contribution in [2.24, 2.45) is 10.1 Å². The van der Waals surface area contributed by atoms with E-state index in [2.05, 4.69) is 14.8 Å². The Kier molecular flexibility index (Phi) is 7.32. The highest BCUT2D eigenvalue weighted by Gasteiger charge is 2.45. The number of carboxylic acids is 1. The summed E-state index contributed by atoms with van der Waals surface area (Å²) in [6, 6.07) is 20.7. The molecule has 0 aromatic heterocycles. The lowest BCUT2D eigenvalue weighted by Crippen LogP contribution is -2.45. The van der Waals surface area contributed by atoms with Gasteiger partial charge in [-0.3, -0.25) is 4.79 Å². The molecular weight excluding hydrogens is 527 g/mol. The predicted octanol–water partition coefficient (Wildman–Crippen LogP) is 3.32. The minimum absolute atomic E-state index is 0.116. The third-order valence-corrected chi connectivity index (χ3v) is 7.17. The molecule has 12 heteroatoms. The van der Waals surface area contributed by atoms with Crippen LogP contribution in [-0.4, -0.2) is 54.4 Å².